The number of urea groups is 1. The van der Waals surface area contributed by atoms with Crippen LogP contribution in [0.4, 0.5) is 10.5 Å². The molecular weight excluding hydrogens is 324 g/mol. The SMILES string of the molecule is Cc1cc(NC(=O)NC2Cc3ccccc3C2)ccc1S(C)(=O)=O. The molecule has 0 spiro atoms. The number of aryl methyl sites for hydroxylation is 1. The van der Waals surface area contributed by atoms with E-state index < -0.39 is 9.84 Å². The Labute approximate surface area is 142 Å². The summed E-state index contributed by atoms with van der Waals surface area (Å²) in [6.07, 6.45) is 2.83. The summed E-state index contributed by atoms with van der Waals surface area (Å²) < 4.78 is 23.3. The highest BCUT2D eigenvalue weighted by Crippen LogP contribution is 2.22. The average molecular weight is 344 g/mol. The third-order valence-corrected chi connectivity index (χ3v) is 5.48. The Morgan fingerprint density at radius 3 is 2.25 bits per heavy atom. The number of fused-ring (bicyclic) bond motifs is 1. The van der Waals surface area contributed by atoms with Crippen molar-refractivity contribution in [2.45, 2.75) is 30.7 Å². The Kier molecular flexibility index (Phi) is 4.32. The fraction of sp³-hybridized carbons (Fsp3) is 0.278. The maximum atomic E-state index is 12.2. The minimum atomic E-state index is -3.26. The highest BCUT2D eigenvalue weighted by Gasteiger charge is 2.22. The van der Waals surface area contributed by atoms with Crippen molar-refractivity contribution in [2.24, 2.45) is 0 Å². The van der Waals surface area contributed by atoms with Crippen LogP contribution in [0.5, 0.6) is 0 Å². The van der Waals surface area contributed by atoms with Crippen LogP contribution in [0.25, 0.3) is 0 Å². The number of amides is 2. The number of nitrogens with one attached hydrogen (secondary N) is 2. The normalized spacial score (nSPS) is 14.2. The summed E-state index contributed by atoms with van der Waals surface area (Å²) in [6.45, 7) is 1.72. The molecule has 3 rings (SSSR count). The molecule has 0 fully saturated rings. The van der Waals surface area contributed by atoms with Gasteiger partial charge in [0.25, 0.3) is 0 Å². The molecule has 2 aromatic carbocycles. The molecule has 0 heterocycles. The zero-order valence-corrected chi connectivity index (χ0v) is 14.5. The van der Waals surface area contributed by atoms with Gasteiger partial charge in [0.1, 0.15) is 0 Å². The van der Waals surface area contributed by atoms with Crippen LogP contribution < -0.4 is 10.6 Å². The van der Waals surface area contributed by atoms with Crippen LogP contribution in [0, 0.1) is 6.92 Å². The Morgan fingerprint density at radius 1 is 1.08 bits per heavy atom. The molecule has 0 bridgehead atoms. The van der Waals surface area contributed by atoms with Crippen LogP contribution in [-0.2, 0) is 22.7 Å². The van der Waals surface area contributed by atoms with E-state index in [9.17, 15) is 13.2 Å². The average Bonchev–Trinajstić information content (AvgIpc) is 2.87. The molecule has 0 aromatic heterocycles. The molecule has 5 nitrogen and oxygen atoms in total. The number of hydrogen-bond donors (Lipinski definition) is 2. The van der Waals surface area contributed by atoms with E-state index in [-0.39, 0.29) is 17.0 Å². The van der Waals surface area contributed by atoms with Gasteiger partial charge in [-0.05, 0) is 54.7 Å². The highest BCUT2D eigenvalue weighted by atomic mass is 32.2. The number of rotatable bonds is 3. The van der Waals surface area contributed by atoms with Crippen LogP contribution in [-0.4, -0.2) is 26.7 Å². The molecule has 0 atom stereocenters. The van der Waals surface area contributed by atoms with E-state index in [2.05, 4.69) is 22.8 Å². The van der Waals surface area contributed by atoms with E-state index in [1.807, 2.05) is 12.1 Å². The van der Waals surface area contributed by atoms with Crippen molar-refractivity contribution < 1.29 is 13.2 Å². The Bertz CT molecular complexity index is 866. The van der Waals surface area contributed by atoms with Gasteiger partial charge in [-0.2, -0.15) is 0 Å². The molecule has 0 unspecified atom stereocenters. The molecule has 0 aliphatic heterocycles. The van der Waals surface area contributed by atoms with Gasteiger partial charge in [0.2, 0.25) is 0 Å². The van der Waals surface area contributed by atoms with Crippen LogP contribution in [0.1, 0.15) is 16.7 Å². The first-order chi connectivity index (χ1) is 11.3. The van der Waals surface area contributed by atoms with Gasteiger partial charge in [0.05, 0.1) is 4.90 Å². The first-order valence-corrected chi connectivity index (χ1v) is 9.67. The van der Waals surface area contributed by atoms with Crippen molar-refractivity contribution in [3.63, 3.8) is 0 Å². The lowest BCUT2D eigenvalue weighted by Crippen LogP contribution is -2.38. The largest absolute Gasteiger partial charge is 0.334 e. The first-order valence-electron chi connectivity index (χ1n) is 7.78. The van der Waals surface area contributed by atoms with Crippen molar-refractivity contribution in [1.82, 2.24) is 5.32 Å². The van der Waals surface area contributed by atoms with Gasteiger partial charge in [-0.3, -0.25) is 0 Å². The fourth-order valence-corrected chi connectivity index (χ4v) is 4.12. The summed E-state index contributed by atoms with van der Waals surface area (Å²) in [7, 11) is -3.26. The molecule has 6 heteroatoms. The molecule has 1 aliphatic carbocycles. The number of carbonyl (C=O) groups is 1. The van der Waals surface area contributed by atoms with Crippen molar-refractivity contribution in [3.8, 4) is 0 Å². The van der Waals surface area contributed by atoms with Crippen LogP contribution >= 0.6 is 0 Å². The molecule has 126 valence electrons. The Hall–Kier alpha value is -2.34. The van der Waals surface area contributed by atoms with Gasteiger partial charge in [0.15, 0.2) is 9.84 Å². The van der Waals surface area contributed by atoms with Gasteiger partial charge in [0, 0.05) is 18.0 Å². The molecule has 0 radical (unpaired) electrons. The van der Waals surface area contributed by atoms with Gasteiger partial charge in [-0.1, -0.05) is 24.3 Å². The fourth-order valence-electron chi connectivity index (χ4n) is 3.16. The van der Waals surface area contributed by atoms with Crippen molar-refractivity contribution in [3.05, 3.63) is 59.2 Å². The molecule has 24 heavy (non-hydrogen) atoms. The smallest absolute Gasteiger partial charge is 0.319 e. The summed E-state index contributed by atoms with van der Waals surface area (Å²) >= 11 is 0. The summed E-state index contributed by atoms with van der Waals surface area (Å²) in [5.41, 5.74) is 3.74. The van der Waals surface area contributed by atoms with Crippen molar-refractivity contribution in [2.75, 3.05) is 11.6 Å². The second-order valence-corrected chi connectivity index (χ2v) is 8.21. The zero-order valence-electron chi connectivity index (χ0n) is 13.7. The number of benzene rings is 2. The van der Waals surface area contributed by atoms with Crippen molar-refractivity contribution in [1.29, 1.82) is 0 Å². The predicted molar refractivity (Wildman–Crippen MR) is 94.1 cm³/mol. The lowest BCUT2D eigenvalue weighted by atomic mass is 10.1. The number of sulfone groups is 1. The van der Waals surface area contributed by atoms with Crippen LogP contribution in [0.15, 0.2) is 47.4 Å². The maximum Gasteiger partial charge on any atom is 0.319 e. The summed E-state index contributed by atoms with van der Waals surface area (Å²) in [5.74, 6) is 0. The number of carbonyl (C=O) groups excluding carboxylic acids is 1. The second kappa shape index (κ2) is 6.28. The number of anilines is 1. The third-order valence-electron chi connectivity index (χ3n) is 4.22. The first kappa shape index (κ1) is 16.5. The molecule has 0 saturated carbocycles. The van der Waals surface area contributed by atoms with E-state index in [1.54, 1.807) is 19.1 Å². The summed E-state index contributed by atoms with van der Waals surface area (Å²) in [6, 6.07) is 12.8. The van der Waals surface area contributed by atoms with Gasteiger partial charge in [-0.25, -0.2) is 13.2 Å². The van der Waals surface area contributed by atoms with E-state index in [4.69, 9.17) is 0 Å². The Balaban J connectivity index is 1.63. The molecular formula is C18H20N2O3S. The topological polar surface area (TPSA) is 75.3 Å². The monoisotopic (exact) mass is 344 g/mol. The zero-order chi connectivity index (χ0) is 17.3. The van der Waals surface area contributed by atoms with Gasteiger partial charge < -0.3 is 10.6 Å². The quantitative estimate of drug-likeness (QED) is 0.899. The van der Waals surface area contributed by atoms with Crippen LogP contribution in [0.2, 0.25) is 0 Å². The molecule has 2 amide bonds. The summed E-state index contributed by atoms with van der Waals surface area (Å²) in [4.78, 5) is 12.4. The van der Waals surface area contributed by atoms with E-state index in [0.717, 1.165) is 12.8 Å². The maximum absolute atomic E-state index is 12.2. The van der Waals surface area contributed by atoms with E-state index in [1.165, 1.54) is 23.4 Å². The second-order valence-electron chi connectivity index (χ2n) is 6.22. The van der Waals surface area contributed by atoms with Crippen LogP contribution in [0.3, 0.4) is 0 Å². The minimum absolute atomic E-state index is 0.0822. The van der Waals surface area contributed by atoms with Gasteiger partial charge in [-0.15, -0.1) is 0 Å². The molecule has 1 aliphatic rings. The lowest BCUT2D eigenvalue weighted by Gasteiger charge is -2.14. The third kappa shape index (κ3) is 3.59. The number of hydrogen-bond acceptors (Lipinski definition) is 3. The van der Waals surface area contributed by atoms with Crippen molar-refractivity contribution >= 4 is 21.6 Å². The highest BCUT2D eigenvalue weighted by molar-refractivity contribution is 7.90. The molecule has 0 saturated heterocycles. The van der Waals surface area contributed by atoms with Gasteiger partial charge >= 0.3 is 6.03 Å². The minimum Gasteiger partial charge on any atom is -0.334 e. The summed E-state index contributed by atoms with van der Waals surface area (Å²) in [5, 5.41) is 5.74. The molecule has 2 aromatic rings. The van der Waals surface area contributed by atoms with E-state index in [0.29, 0.717) is 11.3 Å². The van der Waals surface area contributed by atoms with E-state index >= 15 is 0 Å². The predicted octanol–water partition coefficient (Wildman–Crippen LogP) is 2.69. The lowest BCUT2D eigenvalue weighted by molar-refractivity contribution is 0.249. The molecule has 2 N–H and O–H groups in total. The standard InChI is InChI=1S/C18H20N2O3S/c1-12-9-15(7-8-17(12)24(2,22)23)19-18(21)20-16-10-13-5-3-4-6-14(13)11-16/h3-9,16H,10-11H2,1-2H3,(H2,19,20,21). The Morgan fingerprint density at radius 2 is 1.71 bits per heavy atom.